The lowest BCUT2D eigenvalue weighted by molar-refractivity contribution is -0.122. The number of carbonyl (C=O) groups is 2. The molecule has 25 heavy (non-hydrogen) atoms. The van der Waals surface area contributed by atoms with Crippen molar-refractivity contribution in [3.8, 4) is 0 Å². The molecule has 8 heteroatoms. The van der Waals surface area contributed by atoms with Gasteiger partial charge in [0.15, 0.2) is 9.78 Å². The molecule has 1 aromatic carbocycles. The van der Waals surface area contributed by atoms with Crippen LogP contribution in [0.3, 0.4) is 0 Å². The van der Waals surface area contributed by atoms with Gasteiger partial charge in [0, 0.05) is 0 Å². The molecule has 2 aromatic rings. The van der Waals surface area contributed by atoms with Gasteiger partial charge in [0.1, 0.15) is 11.3 Å². The Bertz CT molecular complexity index is 884. The Hall–Kier alpha value is -1.77. The molecule has 1 aliphatic rings. The zero-order chi connectivity index (χ0) is 18.1. The number of carbonyl (C=O) groups excluding carboxylic acids is 2. The number of rotatable bonds is 3. The molecular formula is C17H12Br2N2O3S. The van der Waals surface area contributed by atoms with Crippen molar-refractivity contribution >= 4 is 72.8 Å². The molecule has 0 bridgehead atoms. The Morgan fingerprint density at radius 3 is 2.48 bits per heavy atom. The van der Waals surface area contributed by atoms with E-state index in [1.807, 2.05) is 19.1 Å². The number of benzene rings is 1. The first kappa shape index (κ1) is 18.0. The molecule has 2 amide bonds. The average molecular weight is 484 g/mol. The van der Waals surface area contributed by atoms with E-state index in [-0.39, 0.29) is 10.7 Å². The first-order valence-corrected chi connectivity index (χ1v) is 9.35. The Labute approximate surface area is 166 Å². The highest BCUT2D eigenvalue weighted by atomic mass is 79.9. The number of aryl methyl sites for hydroxylation is 1. The summed E-state index contributed by atoms with van der Waals surface area (Å²) in [4.78, 5) is 26.4. The normalized spacial score (nSPS) is 16.5. The third-order valence-electron chi connectivity index (χ3n) is 3.66. The summed E-state index contributed by atoms with van der Waals surface area (Å²) in [6.45, 7) is 2.05. The number of thiocarbonyl (C=S) groups is 1. The molecule has 1 N–H and O–H groups in total. The van der Waals surface area contributed by atoms with Crippen LogP contribution >= 0.6 is 44.1 Å². The van der Waals surface area contributed by atoms with Crippen LogP contribution in [-0.2, 0) is 16.0 Å². The smallest absolute Gasteiger partial charge is 0.270 e. The molecule has 0 atom stereocenters. The lowest BCUT2D eigenvalue weighted by atomic mass is 10.1. The van der Waals surface area contributed by atoms with Crippen LogP contribution in [0.15, 0.2) is 49.5 Å². The predicted molar refractivity (Wildman–Crippen MR) is 106 cm³/mol. The zero-order valence-electron chi connectivity index (χ0n) is 13.0. The molecule has 0 spiro atoms. The number of anilines is 1. The van der Waals surface area contributed by atoms with E-state index in [1.54, 1.807) is 18.2 Å². The molecule has 1 aromatic heterocycles. The number of furan rings is 1. The standard InChI is InChI=1S/C17H12Br2N2O3S/c1-2-9-3-5-10(6-4-9)21-16(23)12(15(22)20-17(21)25)7-11-8-13(18)14(19)24-11/h3-8H,2H2,1H3,(H,20,22,25)/b12-7+. The van der Waals surface area contributed by atoms with Crippen molar-refractivity contribution in [1.82, 2.24) is 5.32 Å². The summed E-state index contributed by atoms with van der Waals surface area (Å²) in [6, 6.07) is 9.11. The van der Waals surface area contributed by atoms with Crippen LogP contribution in [0.5, 0.6) is 0 Å². The molecule has 0 aliphatic carbocycles. The second-order valence-electron chi connectivity index (χ2n) is 5.25. The number of hydrogen-bond donors (Lipinski definition) is 1. The second kappa shape index (κ2) is 7.23. The minimum atomic E-state index is -0.555. The molecule has 1 saturated heterocycles. The number of nitrogens with one attached hydrogen (secondary N) is 1. The van der Waals surface area contributed by atoms with E-state index in [4.69, 9.17) is 16.6 Å². The minimum Gasteiger partial charge on any atom is -0.449 e. The van der Waals surface area contributed by atoms with Crippen LogP contribution in [0, 0.1) is 0 Å². The molecule has 2 heterocycles. The van der Waals surface area contributed by atoms with Gasteiger partial charge in [-0.25, -0.2) is 0 Å². The highest BCUT2D eigenvalue weighted by Crippen LogP contribution is 2.29. The summed E-state index contributed by atoms with van der Waals surface area (Å²) in [6.07, 6.45) is 2.28. The van der Waals surface area contributed by atoms with Crippen LogP contribution in [0.4, 0.5) is 5.69 Å². The Morgan fingerprint density at radius 1 is 1.24 bits per heavy atom. The fourth-order valence-electron chi connectivity index (χ4n) is 2.35. The summed E-state index contributed by atoms with van der Waals surface area (Å²) in [5.74, 6) is -0.687. The first-order valence-electron chi connectivity index (χ1n) is 7.36. The van der Waals surface area contributed by atoms with Crippen molar-refractivity contribution in [3.63, 3.8) is 0 Å². The molecule has 0 saturated carbocycles. The van der Waals surface area contributed by atoms with Crippen molar-refractivity contribution in [1.29, 1.82) is 0 Å². The molecule has 5 nitrogen and oxygen atoms in total. The van der Waals surface area contributed by atoms with E-state index in [0.29, 0.717) is 20.6 Å². The van der Waals surface area contributed by atoms with Crippen LogP contribution in [0.25, 0.3) is 6.08 Å². The van der Waals surface area contributed by atoms with Crippen LogP contribution in [0.1, 0.15) is 18.2 Å². The monoisotopic (exact) mass is 482 g/mol. The van der Waals surface area contributed by atoms with Gasteiger partial charge in [0.25, 0.3) is 11.8 Å². The van der Waals surface area contributed by atoms with Crippen molar-refractivity contribution in [2.75, 3.05) is 4.90 Å². The fourth-order valence-corrected chi connectivity index (χ4v) is 3.24. The topological polar surface area (TPSA) is 62.6 Å². The zero-order valence-corrected chi connectivity index (χ0v) is 17.0. The van der Waals surface area contributed by atoms with Gasteiger partial charge in [-0.2, -0.15) is 0 Å². The van der Waals surface area contributed by atoms with E-state index in [1.165, 1.54) is 11.0 Å². The SMILES string of the molecule is CCc1ccc(N2C(=O)/C(=C/c3cc(Br)c(Br)o3)C(=O)NC2=S)cc1. The maximum absolute atomic E-state index is 12.8. The summed E-state index contributed by atoms with van der Waals surface area (Å²) in [5, 5.41) is 2.60. The molecule has 0 unspecified atom stereocenters. The predicted octanol–water partition coefficient (Wildman–Crippen LogP) is 4.20. The van der Waals surface area contributed by atoms with E-state index in [0.717, 1.165) is 12.0 Å². The third-order valence-corrected chi connectivity index (χ3v) is 5.65. The fraction of sp³-hybridized carbons (Fsp3) is 0.118. The Morgan fingerprint density at radius 2 is 1.92 bits per heavy atom. The van der Waals surface area contributed by atoms with Crippen LogP contribution < -0.4 is 10.2 Å². The van der Waals surface area contributed by atoms with Gasteiger partial charge in [0.2, 0.25) is 0 Å². The van der Waals surface area contributed by atoms with Gasteiger partial charge in [-0.3, -0.25) is 19.8 Å². The maximum atomic E-state index is 12.8. The van der Waals surface area contributed by atoms with Crippen molar-refractivity contribution in [3.05, 3.63) is 56.4 Å². The Kier molecular flexibility index (Phi) is 5.21. The van der Waals surface area contributed by atoms with E-state index >= 15 is 0 Å². The lowest BCUT2D eigenvalue weighted by Crippen LogP contribution is -2.54. The summed E-state index contributed by atoms with van der Waals surface area (Å²) in [7, 11) is 0. The molecule has 1 aliphatic heterocycles. The molecule has 1 fully saturated rings. The van der Waals surface area contributed by atoms with Crippen molar-refractivity contribution in [2.24, 2.45) is 0 Å². The number of hydrogen-bond acceptors (Lipinski definition) is 4. The average Bonchev–Trinajstić information content (AvgIpc) is 2.90. The van der Waals surface area contributed by atoms with Crippen LogP contribution in [-0.4, -0.2) is 16.9 Å². The van der Waals surface area contributed by atoms with Gasteiger partial charge in [0.05, 0.1) is 10.2 Å². The highest BCUT2D eigenvalue weighted by Gasteiger charge is 2.34. The van der Waals surface area contributed by atoms with Gasteiger partial charge in [-0.05, 0) is 80.3 Å². The molecule has 0 radical (unpaired) electrons. The van der Waals surface area contributed by atoms with E-state index in [2.05, 4.69) is 37.2 Å². The van der Waals surface area contributed by atoms with Gasteiger partial charge < -0.3 is 4.42 Å². The summed E-state index contributed by atoms with van der Waals surface area (Å²) in [5.41, 5.74) is 1.69. The summed E-state index contributed by atoms with van der Waals surface area (Å²) < 4.78 is 6.58. The first-order chi connectivity index (χ1) is 11.9. The number of amides is 2. The summed E-state index contributed by atoms with van der Waals surface area (Å²) >= 11 is 11.7. The Balaban J connectivity index is 1.98. The van der Waals surface area contributed by atoms with Gasteiger partial charge in [-0.1, -0.05) is 19.1 Å². The lowest BCUT2D eigenvalue weighted by Gasteiger charge is -2.28. The number of nitrogens with zero attached hydrogens (tertiary/aromatic N) is 1. The van der Waals surface area contributed by atoms with Crippen LogP contribution in [0.2, 0.25) is 0 Å². The van der Waals surface area contributed by atoms with Crippen molar-refractivity contribution < 1.29 is 14.0 Å². The molecule has 128 valence electrons. The second-order valence-corrected chi connectivity index (χ2v) is 7.21. The molecular weight excluding hydrogens is 472 g/mol. The van der Waals surface area contributed by atoms with Gasteiger partial charge >= 0.3 is 0 Å². The largest absolute Gasteiger partial charge is 0.449 e. The van der Waals surface area contributed by atoms with E-state index < -0.39 is 11.8 Å². The highest BCUT2D eigenvalue weighted by molar-refractivity contribution is 9.13. The third kappa shape index (κ3) is 3.61. The quantitative estimate of drug-likeness (QED) is 0.403. The van der Waals surface area contributed by atoms with Crippen molar-refractivity contribution in [2.45, 2.75) is 13.3 Å². The maximum Gasteiger partial charge on any atom is 0.270 e. The number of halogens is 2. The molecule has 3 rings (SSSR count). The van der Waals surface area contributed by atoms with Gasteiger partial charge in [-0.15, -0.1) is 0 Å². The minimum absolute atomic E-state index is 0.0538. The van der Waals surface area contributed by atoms with E-state index in [9.17, 15) is 9.59 Å².